The van der Waals surface area contributed by atoms with Crippen molar-refractivity contribution >= 4 is 39.9 Å². The summed E-state index contributed by atoms with van der Waals surface area (Å²) >= 11 is 2.17. The average molecular weight is 347 g/mol. The van der Waals surface area contributed by atoms with Gasteiger partial charge in [-0.3, -0.25) is 14.9 Å². The fraction of sp³-hybridized carbons (Fsp3) is 0.300. The molecule has 0 fully saturated rings. The molecule has 0 bridgehead atoms. The zero-order chi connectivity index (χ0) is 12.4. The van der Waals surface area contributed by atoms with E-state index in [9.17, 15) is 14.9 Å². The highest BCUT2D eigenvalue weighted by Gasteiger charge is 2.22. The molecule has 1 N–H and O–H groups in total. The lowest BCUT2D eigenvalue weighted by atomic mass is 10.1. The molecule has 1 heterocycles. The van der Waals surface area contributed by atoms with Crippen LogP contribution in [0.4, 0.5) is 11.4 Å². The van der Waals surface area contributed by atoms with E-state index in [1.54, 1.807) is 0 Å². The second-order valence-electron chi connectivity index (χ2n) is 3.60. The largest absolute Gasteiger partial charge is 0.360 e. The van der Waals surface area contributed by atoms with E-state index in [2.05, 4.69) is 27.9 Å². The molecule has 90 valence electrons. The number of non-ortho nitro benzene ring substituents is 1. The summed E-state index contributed by atoms with van der Waals surface area (Å²) in [4.78, 5) is 24.0. The van der Waals surface area contributed by atoms with Gasteiger partial charge in [0.1, 0.15) is 0 Å². The molecule has 6 nitrogen and oxygen atoms in total. The summed E-state index contributed by atoms with van der Waals surface area (Å²) in [7, 11) is 0. The lowest BCUT2D eigenvalue weighted by Gasteiger charge is -2.20. The number of alkyl halides is 1. The monoisotopic (exact) mass is 347 g/mol. The second kappa shape index (κ2) is 4.86. The van der Waals surface area contributed by atoms with Gasteiger partial charge < -0.3 is 10.2 Å². The van der Waals surface area contributed by atoms with Crippen molar-refractivity contribution in [2.75, 3.05) is 22.5 Å². The predicted octanol–water partition coefficient (Wildman–Crippen LogP) is 1.54. The summed E-state index contributed by atoms with van der Waals surface area (Å²) in [5.41, 5.74) is 1.13. The van der Waals surface area contributed by atoms with Crippen LogP contribution in [0, 0.1) is 10.1 Å². The number of benzene rings is 1. The van der Waals surface area contributed by atoms with Gasteiger partial charge in [0.25, 0.3) is 11.6 Å². The van der Waals surface area contributed by atoms with Crippen molar-refractivity contribution in [3.63, 3.8) is 0 Å². The van der Waals surface area contributed by atoms with Gasteiger partial charge in [-0.15, -0.1) is 0 Å². The number of fused-ring (bicyclic) bond motifs is 1. The number of nitro benzene ring substituents is 1. The predicted molar refractivity (Wildman–Crippen MR) is 71.7 cm³/mol. The summed E-state index contributed by atoms with van der Waals surface area (Å²) in [5, 5.41) is 13.5. The maximum Gasteiger partial charge on any atom is 0.271 e. The second-order valence-corrected chi connectivity index (χ2v) is 4.28. The first kappa shape index (κ1) is 12.1. The molecule has 1 aliphatic rings. The minimum absolute atomic E-state index is 0.00769. The highest BCUT2D eigenvalue weighted by Crippen LogP contribution is 2.27. The summed E-state index contributed by atoms with van der Waals surface area (Å²) < 4.78 is 0.681. The lowest BCUT2D eigenvalue weighted by Crippen LogP contribution is -2.29. The van der Waals surface area contributed by atoms with E-state index in [0.29, 0.717) is 28.9 Å². The van der Waals surface area contributed by atoms with Gasteiger partial charge in [-0.05, 0) is 6.07 Å². The molecule has 0 radical (unpaired) electrons. The van der Waals surface area contributed by atoms with Gasteiger partial charge >= 0.3 is 0 Å². The van der Waals surface area contributed by atoms with E-state index in [-0.39, 0.29) is 11.6 Å². The van der Waals surface area contributed by atoms with Crippen LogP contribution in [0.3, 0.4) is 0 Å². The number of hydrogen-bond acceptors (Lipinski definition) is 4. The molecule has 0 atom stereocenters. The van der Waals surface area contributed by atoms with E-state index in [4.69, 9.17) is 0 Å². The van der Waals surface area contributed by atoms with Crippen molar-refractivity contribution in [2.45, 2.75) is 0 Å². The molecule has 0 aromatic heterocycles. The first-order valence-corrected chi connectivity index (χ1v) is 6.53. The van der Waals surface area contributed by atoms with Gasteiger partial charge in [0.2, 0.25) is 0 Å². The highest BCUT2D eigenvalue weighted by atomic mass is 127. The number of anilines is 1. The van der Waals surface area contributed by atoms with Crippen LogP contribution in [0.15, 0.2) is 18.2 Å². The summed E-state index contributed by atoms with van der Waals surface area (Å²) in [6.07, 6.45) is 0. The van der Waals surface area contributed by atoms with Gasteiger partial charge in [0.05, 0.1) is 20.7 Å². The van der Waals surface area contributed by atoms with Crippen molar-refractivity contribution in [1.29, 1.82) is 0 Å². The number of nitrogens with one attached hydrogen (secondary N) is 1. The maximum atomic E-state index is 11.7. The van der Waals surface area contributed by atoms with Crippen LogP contribution in [-0.4, -0.2) is 28.5 Å². The fourth-order valence-electron chi connectivity index (χ4n) is 1.73. The third kappa shape index (κ3) is 2.33. The first-order chi connectivity index (χ1) is 8.13. The van der Waals surface area contributed by atoms with Gasteiger partial charge in [0, 0.05) is 25.2 Å². The van der Waals surface area contributed by atoms with E-state index in [1.165, 1.54) is 18.2 Å². The van der Waals surface area contributed by atoms with E-state index in [0.717, 1.165) is 0 Å². The molecule has 0 aliphatic carbocycles. The van der Waals surface area contributed by atoms with Crippen LogP contribution in [-0.2, 0) is 0 Å². The Morgan fingerprint density at radius 3 is 2.94 bits per heavy atom. The number of carbonyl (C=O) groups is 1. The number of hydrogen-bond donors (Lipinski definition) is 1. The molecule has 2 rings (SSSR count). The van der Waals surface area contributed by atoms with Crippen LogP contribution in [0.25, 0.3) is 0 Å². The van der Waals surface area contributed by atoms with Crippen molar-refractivity contribution in [2.24, 2.45) is 0 Å². The van der Waals surface area contributed by atoms with E-state index in [1.807, 2.05) is 4.90 Å². The number of amides is 1. The smallest absolute Gasteiger partial charge is 0.271 e. The molecule has 1 aromatic rings. The summed E-state index contributed by atoms with van der Waals surface area (Å²) in [6, 6.07) is 4.32. The van der Waals surface area contributed by atoms with Crippen LogP contribution < -0.4 is 10.2 Å². The molecule has 7 heteroatoms. The average Bonchev–Trinajstić information content (AvgIpc) is 2.48. The van der Waals surface area contributed by atoms with Crippen molar-refractivity contribution in [3.05, 3.63) is 33.9 Å². The Labute approximate surface area is 111 Å². The molecular formula is C10H10IN3O3. The number of halogens is 1. The van der Waals surface area contributed by atoms with Gasteiger partial charge in [0.15, 0.2) is 0 Å². The zero-order valence-corrected chi connectivity index (χ0v) is 11.0. The maximum absolute atomic E-state index is 11.7. The van der Waals surface area contributed by atoms with E-state index < -0.39 is 4.92 Å². The first-order valence-electron chi connectivity index (χ1n) is 5.01. The zero-order valence-electron chi connectivity index (χ0n) is 8.85. The number of rotatable bonds is 2. The summed E-state index contributed by atoms with van der Waals surface area (Å²) in [5.74, 6) is -0.178. The molecular weight excluding hydrogens is 337 g/mol. The normalized spacial score (nSPS) is 14.9. The molecule has 1 aromatic carbocycles. The Kier molecular flexibility index (Phi) is 3.46. The number of carbonyl (C=O) groups excluding carboxylic acids is 1. The molecule has 0 saturated heterocycles. The van der Waals surface area contributed by atoms with Crippen LogP contribution in [0.5, 0.6) is 0 Å². The van der Waals surface area contributed by atoms with Crippen molar-refractivity contribution < 1.29 is 9.72 Å². The van der Waals surface area contributed by atoms with Crippen LogP contribution >= 0.6 is 22.6 Å². The topological polar surface area (TPSA) is 75.5 Å². The third-order valence-corrected chi connectivity index (χ3v) is 3.41. The molecule has 0 saturated carbocycles. The molecule has 0 unspecified atom stereocenters. The molecule has 17 heavy (non-hydrogen) atoms. The van der Waals surface area contributed by atoms with Gasteiger partial charge in [-0.1, -0.05) is 22.6 Å². The minimum Gasteiger partial charge on any atom is -0.360 e. The quantitative estimate of drug-likeness (QED) is 0.290. The molecule has 1 aliphatic heterocycles. The molecule has 1 amide bonds. The lowest BCUT2D eigenvalue weighted by molar-refractivity contribution is -0.384. The van der Waals surface area contributed by atoms with E-state index >= 15 is 0 Å². The van der Waals surface area contributed by atoms with Crippen molar-refractivity contribution in [1.82, 2.24) is 5.32 Å². The molecule has 0 spiro atoms. The van der Waals surface area contributed by atoms with Crippen LogP contribution in [0.1, 0.15) is 10.4 Å². The summed E-state index contributed by atoms with van der Waals surface area (Å²) in [6.45, 7) is 1.20. The standard InChI is InChI=1S/C10H10IN3O3/c11-6-13-4-3-12-10(15)8-2-1-7(14(16)17)5-9(8)13/h1-2,5H,3-4,6H2,(H,12,15). The minimum atomic E-state index is -0.450. The Hall–Kier alpha value is -1.38. The Morgan fingerprint density at radius 2 is 2.29 bits per heavy atom. The van der Waals surface area contributed by atoms with Crippen molar-refractivity contribution in [3.8, 4) is 0 Å². The SMILES string of the molecule is O=C1NCCN(CI)c2cc([N+](=O)[O-])ccc21. The Morgan fingerprint density at radius 1 is 1.53 bits per heavy atom. The number of nitro groups is 1. The van der Waals surface area contributed by atoms with Crippen LogP contribution in [0.2, 0.25) is 0 Å². The third-order valence-electron chi connectivity index (χ3n) is 2.59. The Bertz CT molecular complexity index is 478. The van der Waals surface area contributed by atoms with Gasteiger partial charge in [-0.2, -0.15) is 0 Å². The highest BCUT2D eigenvalue weighted by molar-refractivity contribution is 14.1. The number of nitrogens with zero attached hydrogens (tertiary/aromatic N) is 2. The fourth-order valence-corrected chi connectivity index (χ4v) is 2.44. The Balaban J connectivity index is 2.53. The van der Waals surface area contributed by atoms with Gasteiger partial charge in [-0.25, -0.2) is 0 Å².